The number of aliphatic carboxylic acids is 1. The minimum atomic E-state index is -0.976. The van der Waals surface area contributed by atoms with E-state index in [0.717, 1.165) is 77.0 Å². The summed E-state index contributed by atoms with van der Waals surface area (Å²) in [7, 11) is 0. The van der Waals surface area contributed by atoms with E-state index in [2.05, 4.69) is 0 Å². The number of ether oxygens (including phenoxy) is 4. The largest absolute Gasteiger partial charge is 0.481 e. The maximum absolute atomic E-state index is 13.9. The van der Waals surface area contributed by atoms with Crippen molar-refractivity contribution in [2.24, 2.45) is 57.7 Å². The Morgan fingerprint density at radius 1 is 0.553 bits per heavy atom. The molecule has 8 atom stereocenters. The van der Waals surface area contributed by atoms with Crippen LogP contribution in [0.2, 0.25) is 0 Å². The van der Waals surface area contributed by atoms with E-state index in [1.807, 2.05) is 0 Å². The first-order valence-corrected chi connectivity index (χ1v) is 18.7. The Bertz CT molecular complexity index is 1280. The van der Waals surface area contributed by atoms with Crippen molar-refractivity contribution in [1.29, 1.82) is 0 Å². The van der Waals surface area contributed by atoms with Gasteiger partial charge in [0.2, 0.25) is 0 Å². The van der Waals surface area contributed by atoms with E-state index in [0.29, 0.717) is 61.7 Å². The van der Waals surface area contributed by atoms with Crippen molar-refractivity contribution in [3.05, 3.63) is 0 Å². The third-order valence-electron chi connectivity index (χ3n) is 15.6. The molecular formula is C37H50O10. The van der Waals surface area contributed by atoms with Crippen LogP contribution in [0.15, 0.2) is 0 Å². The van der Waals surface area contributed by atoms with E-state index in [-0.39, 0.29) is 37.0 Å². The smallest absolute Gasteiger partial charge is 0.312 e. The van der Waals surface area contributed by atoms with Gasteiger partial charge in [0, 0.05) is 11.8 Å². The number of esters is 2. The summed E-state index contributed by atoms with van der Waals surface area (Å²) in [6.07, 6.45) is 11.3. The van der Waals surface area contributed by atoms with Crippen LogP contribution in [-0.2, 0) is 33.3 Å². The van der Waals surface area contributed by atoms with E-state index in [4.69, 9.17) is 18.9 Å². The molecule has 0 radical (unpaired) electrons. The van der Waals surface area contributed by atoms with Gasteiger partial charge in [-0.25, -0.2) is 0 Å². The summed E-state index contributed by atoms with van der Waals surface area (Å²) in [6, 6.07) is 0. The predicted molar refractivity (Wildman–Crippen MR) is 162 cm³/mol. The lowest BCUT2D eigenvalue weighted by Gasteiger charge is -2.61. The van der Waals surface area contributed by atoms with Crippen LogP contribution < -0.4 is 0 Å². The number of carboxylic acids is 1. The highest BCUT2D eigenvalue weighted by molar-refractivity contribution is 5.78. The Morgan fingerprint density at radius 2 is 0.957 bits per heavy atom. The summed E-state index contributed by atoms with van der Waals surface area (Å²) in [6.45, 7) is -0.0550. The first-order valence-electron chi connectivity index (χ1n) is 18.7. The van der Waals surface area contributed by atoms with Crippen LogP contribution >= 0.6 is 0 Å². The van der Waals surface area contributed by atoms with Crippen molar-refractivity contribution in [2.75, 3.05) is 13.2 Å². The van der Waals surface area contributed by atoms with Crippen molar-refractivity contribution in [3.63, 3.8) is 0 Å². The van der Waals surface area contributed by atoms with Gasteiger partial charge in [-0.2, -0.15) is 0 Å². The molecule has 13 fully saturated rings. The summed E-state index contributed by atoms with van der Waals surface area (Å²) in [5.41, 5.74) is -3.61. The van der Waals surface area contributed by atoms with Gasteiger partial charge in [0.25, 0.3) is 0 Å². The van der Waals surface area contributed by atoms with Gasteiger partial charge in [0.05, 0.1) is 27.4 Å². The highest BCUT2D eigenvalue weighted by Gasteiger charge is 2.70. The number of carbonyl (C=O) groups is 3. The molecule has 13 aliphatic rings. The molecule has 0 amide bonds. The first kappa shape index (κ1) is 30.1. The Hall–Kier alpha value is -1.75. The molecule has 10 nitrogen and oxygen atoms in total. The Balaban J connectivity index is 0.889. The standard InChI is InChI=1S/C37H50O10/c38-29(39)32-5-20-3-25(14-32)37(26(4-20)15-32)46-27(16-44-30(40)33-6-21-1-22(7-33)11-35(42,10-21)18-33)28(47-37)17-45-31(41)34-8-23-2-24(9-34)13-36(43,12-23)19-34/h20-28,42-43H,1-19H2,(H,38,39). The van der Waals surface area contributed by atoms with Gasteiger partial charge < -0.3 is 34.3 Å². The van der Waals surface area contributed by atoms with E-state index >= 15 is 0 Å². The number of hydrogen-bond acceptors (Lipinski definition) is 9. The quantitative estimate of drug-likeness (QED) is 0.342. The number of carboxylic acid groups (broad SMARTS) is 1. The number of aliphatic hydroxyl groups is 2. The van der Waals surface area contributed by atoms with E-state index in [9.17, 15) is 29.7 Å². The molecule has 1 spiro atoms. The number of rotatable bonds is 7. The van der Waals surface area contributed by atoms with Gasteiger partial charge >= 0.3 is 17.9 Å². The molecule has 0 aromatic heterocycles. The minimum absolute atomic E-state index is 0.0275. The molecular weight excluding hydrogens is 604 g/mol. The summed E-state index contributed by atoms with van der Waals surface area (Å²) in [5, 5.41) is 32.7. The predicted octanol–water partition coefficient (Wildman–Crippen LogP) is 4.13. The molecule has 1 heterocycles. The number of carbonyl (C=O) groups excluding carboxylic acids is 2. The molecule has 13 rings (SSSR count). The summed E-state index contributed by atoms with van der Waals surface area (Å²) < 4.78 is 26.0. The molecule has 12 aliphatic carbocycles. The fraction of sp³-hybridized carbons (Fsp3) is 0.919. The van der Waals surface area contributed by atoms with Crippen LogP contribution in [0, 0.1) is 57.7 Å². The zero-order valence-corrected chi connectivity index (χ0v) is 27.3. The third kappa shape index (κ3) is 4.32. The molecule has 8 unspecified atom stereocenters. The zero-order chi connectivity index (χ0) is 32.2. The van der Waals surface area contributed by atoms with Crippen LogP contribution in [0.25, 0.3) is 0 Å². The van der Waals surface area contributed by atoms with Crippen LogP contribution in [0.1, 0.15) is 109 Å². The second-order valence-electron chi connectivity index (χ2n) is 19.1. The van der Waals surface area contributed by atoms with Gasteiger partial charge in [-0.15, -0.1) is 0 Å². The molecule has 0 aromatic rings. The van der Waals surface area contributed by atoms with E-state index in [1.165, 1.54) is 0 Å². The summed E-state index contributed by atoms with van der Waals surface area (Å²) in [4.78, 5) is 40.2. The first-order chi connectivity index (χ1) is 22.3. The molecule has 47 heavy (non-hydrogen) atoms. The molecule has 1 aliphatic heterocycles. The molecule has 12 saturated carbocycles. The second-order valence-corrected chi connectivity index (χ2v) is 19.1. The highest BCUT2D eigenvalue weighted by atomic mass is 16.8. The van der Waals surface area contributed by atoms with Crippen molar-refractivity contribution in [2.45, 2.75) is 138 Å². The molecule has 10 heteroatoms. The number of hydrogen-bond donors (Lipinski definition) is 3. The third-order valence-corrected chi connectivity index (χ3v) is 15.6. The lowest BCUT2D eigenvalue weighted by Crippen LogP contribution is -2.63. The van der Waals surface area contributed by atoms with Gasteiger partial charge in [-0.1, -0.05) is 0 Å². The molecule has 1 saturated heterocycles. The normalized spacial score (nSPS) is 57.2. The molecule has 12 bridgehead atoms. The summed E-state index contributed by atoms with van der Waals surface area (Å²) in [5.74, 6) is -0.648. The highest BCUT2D eigenvalue weighted by Crippen LogP contribution is 2.67. The molecule has 3 N–H and O–H groups in total. The van der Waals surface area contributed by atoms with Crippen LogP contribution in [0.5, 0.6) is 0 Å². The SMILES string of the molecule is O=C(O)C12CC3CC(C1)C1(OC(COC(=O)C45CC6CC(CC(O)(C6)C4)C5)C(COC(=O)C45CC6CC(CC(O)(C6)C4)C5)O1)C(C3)C2. The minimum Gasteiger partial charge on any atom is -0.481 e. The van der Waals surface area contributed by atoms with Crippen molar-refractivity contribution < 1.29 is 48.7 Å². The van der Waals surface area contributed by atoms with Gasteiger partial charge in [0.1, 0.15) is 25.4 Å². The van der Waals surface area contributed by atoms with Crippen LogP contribution in [0.4, 0.5) is 0 Å². The van der Waals surface area contributed by atoms with Gasteiger partial charge in [0.15, 0.2) is 5.79 Å². The monoisotopic (exact) mass is 654 g/mol. The van der Waals surface area contributed by atoms with Crippen molar-refractivity contribution in [3.8, 4) is 0 Å². The Morgan fingerprint density at radius 3 is 1.34 bits per heavy atom. The van der Waals surface area contributed by atoms with E-state index < -0.39 is 51.4 Å². The van der Waals surface area contributed by atoms with Crippen LogP contribution in [-0.4, -0.2) is 75.6 Å². The zero-order valence-electron chi connectivity index (χ0n) is 27.3. The topological polar surface area (TPSA) is 149 Å². The average molecular weight is 655 g/mol. The second kappa shape index (κ2) is 9.52. The maximum atomic E-state index is 13.9. The fourth-order valence-corrected chi connectivity index (χ4v) is 15.0. The maximum Gasteiger partial charge on any atom is 0.312 e. The Labute approximate surface area is 275 Å². The van der Waals surface area contributed by atoms with Gasteiger partial charge in [-0.3, -0.25) is 14.4 Å². The fourth-order valence-electron chi connectivity index (χ4n) is 15.0. The lowest BCUT2D eigenvalue weighted by molar-refractivity contribution is -0.312. The Kier molecular flexibility index (Phi) is 6.10. The average Bonchev–Trinajstić information content (AvgIpc) is 3.33. The van der Waals surface area contributed by atoms with Crippen molar-refractivity contribution in [1.82, 2.24) is 0 Å². The van der Waals surface area contributed by atoms with Gasteiger partial charge in [-0.05, 0) is 139 Å². The van der Waals surface area contributed by atoms with Crippen molar-refractivity contribution >= 4 is 17.9 Å². The summed E-state index contributed by atoms with van der Waals surface area (Å²) >= 11 is 0. The molecule has 258 valence electrons. The van der Waals surface area contributed by atoms with Crippen LogP contribution in [0.3, 0.4) is 0 Å². The lowest BCUT2D eigenvalue weighted by atomic mass is 9.47. The van der Waals surface area contributed by atoms with E-state index in [1.54, 1.807) is 0 Å². The molecule has 0 aromatic carbocycles.